The number of fused-ring (bicyclic) bond motifs is 2. The molecule has 5 nitrogen and oxygen atoms in total. The fraction of sp³-hybridized carbons (Fsp3) is 0.300. The Morgan fingerprint density at radius 3 is 2.96 bits per heavy atom. The molecule has 7 heteroatoms. The van der Waals surface area contributed by atoms with Crippen LogP contribution in [0.1, 0.15) is 16.5 Å². The quantitative estimate of drug-likeness (QED) is 0.606. The molecule has 2 aromatic carbocycles. The molecule has 0 spiro atoms. The van der Waals surface area contributed by atoms with Gasteiger partial charge in [0.25, 0.3) is 0 Å². The van der Waals surface area contributed by atoms with Gasteiger partial charge >= 0.3 is 0 Å². The van der Waals surface area contributed by atoms with Gasteiger partial charge in [-0.25, -0.2) is 5.43 Å². The summed E-state index contributed by atoms with van der Waals surface area (Å²) in [6.45, 7) is 2.88. The van der Waals surface area contributed by atoms with E-state index in [1.54, 1.807) is 11.3 Å². The van der Waals surface area contributed by atoms with Crippen LogP contribution in [0.2, 0.25) is 5.02 Å². The summed E-state index contributed by atoms with van der Waals surface area (Å²) in [4.78, 5) is 1.19. The van der Waals surface area contributed by atoms with Crippen LogP contribution in [0.15, 0.2) is 42.5 Å². The van der Waals surface area contributed by atoms with Crippen LogP contribution in [0.4, 0.5) is 0 Å². The van der Waals surface area contributed by atoms with Gasteiger partial charge in [-0.2, -0.15) is 0 Å². The van der Waals surface area contributed by atoms with E-state index in [2.05, 4.69) is 46.5 Å². The molecule has 3 N–H and O–H groups in total. The normalized spacial score (nSPS) is 21.2. The lowest BCUT2D eigenvalue weighted by molar-refractivity contribution is 0.174. The molecule has 2 aliphatic heterocycles. The summed E-state index contributed by atoms with van der Waals surface area (Å²) in [5.74, 6) is 2.07. The van der Waals surface area contributed by atoms with Crippen molar-refractivity contribution in [3.8, 4) is 11.5 Å². The Labute approximate surface area is 166 Å². The van der Waals surface area contributed by atoms with Crippen molar-refractivity contribution in [2.75, 3.05) is 19.9 Å². The first-order valence-electron chi connectivity index (χ1n) is 9.04. The van der Waals surface area contributed by atoms with Gasteiger partial charge in [-0.1, -0.05) is 35.9 Å². The summed E-state index contributed by atoms with van der Waals surface area (Å²) in [6, 6.07) is 14.7. The Hall–Kier alpha value is -1.83. The molecule has 3 aromatic rings. The van der Waals surface area contributed by atoms with Crippen molar-refractivity contribution in [1.29, 1.82) is 0 Å². The standard InChI is InChI=1S/C20H20ClN3O2S/c21-19-14-3-1-2-4-17(14)27-18(19)10-22-8-13-9-23-24-20(13)12-5-6-15-16(7-12)26-11-25-15/h1-7,13,20,22-24H,8-11H2. The smallest absolute Gasteiger partial charge is 0.231 e. The van der Waals surface area contributed by atoms with Gasteiger partial charge < -0.3 is 14.8 Å². The molecular formula is C20H20ClN3O2S. The topological polar surface area (TPSA) is 54.5 Å². The Bertz CT molecular complexity index is 977. The second-order valence-corrected chi connectivity index (χ2v) is 8.36. The van der Waals surface area contributed by atoms with Crippen LogP contribution in [-0.2, 0) is 6.54 Å². The first kappa shape index (κ1) is 17.3. The third-order valence-corrected chi connectivity index (χ3v) is 6.86. The van der Waals surface area contributed by atoms with Gasteiger partial charge in [-0.15, -0.1) is 11.3 Å². The highest BCUT2D eigenvalue weighted by molar-refractivity contribution is 7.19. The predicted molar refractivity (Wildman–Crippen MR) is 108 cm³/mol. The van der Waals surface area contributed by atoms with Crippen LogP contribution < -0.4 is 25.6 Å². The molecule has 0 aliphatic carbocycles. The minimum absolute atomic E-state index is 0.227. The maximum atomic E-state index is 6.55. The molecule has 1 fully saturated rings. The van der Waals surface area contributed by atoms with Gasteiger partial charge in [-0.05, 0) is 23.8 Å². The molecule has 3 heterocycles. The number of rotatable bonds is 5. The maximum absolute atomic E-state index is 6.55. The van der Waals surface area contributed by atoms with Gasteiger partial charge in [-0.3, -0.25) is 5.43 Å². The van der Waals surface area contributed by atoms with Crippen molar-refractivity contribution in [2.45, 2.75) is 12.6 Å². The molecule has 2 aliphatic rings. The second kappa shape index (κ2) is 7.30. The maximum Gasteiger partial charge on any atom is 0.231 e. The van der Waals surface area contributed by atoms with Gasteiger partial charge in [0.05, 0.1) is 11.1 Å². The molecule has 1 saturated heterocycles. The van der Waals surface area contributed by atoms with Crippen molar-refractivity contribution in [3.05, 3.63) is 57.9 Å². The minimum Gasteiger partial charge on any atom is -0.454 e. The van der Waals surface area contributed by atoms with Crippen molar-refractivity contribution in [1.82, 2.24) is 16.2 Å². The van der Waals surface area contributed by atoms with Crippen LogP contribution in [-0.4, -0.2) is 19.9 Å². The number of halogens is 1. The SMILES string of the molecule is Clc1c(CNCC2CNNC2c2ccc3c(c2)OCO3)sc2ccccc12. The number of hydrogen-bond donors (Lipinski definition) is 3. The lowest BCUT2D eigenvalue weighted by Gasteiger charge is -2.19. The third-order valence-electron chi connectivity index (χ3n) is 5.14. The Balaban J connectivity index is 1.25. The van der Waals surface area contributed by atoms with E-state index in [-0.39, 0.29) is 6.04 Å². The largest absolute Gasteiger partial charge is 0.454 e. The molecule has 0 amide bonds. The van der Waals surface area contributed by atoms with E-state index in [1.165, 1.54) is 15.1 Å². The van der Waals surface area contributed by atoms with Crippen LogP contribution in [0, 0.1) is 5.92 Å². The van der Waals surface area contributed by atoms with Crippen LogP contribution >= 0.6 is 22.9 Å². The molecule has 2 atom stereocenters. The zero-order valence-electron chi connectivity index (χ0n) is 14.6. The number of ether oxygens (including phenoxy) is 2. The Morgan fingerprint density at radius 2 is 2.04 bits per heavy atom. The number of hydrogen-bond acceptors (Lipinski definition) is 6. The number of benzene rings is 2. The lowest BCUT2D eigenvalue weighted by Crippen LogP contribution is -2.28. The molecular weight excluding hydrogens is 382 g/mol. The van der Waals surface area contributed by atoms with Crippen LogP contribution in [0.3, 0.4) is 0 Å². The zero-order valence-corrected chi connectivity index (χ0v) is 16.2. The van der Waals surface area contributed by atoms with E-state index >= 15 is 0 Å². The van der Waals surface area contributed by atoms with Gasteiger partial charge in [0.15, 0.2) is 11.5 Å². The van der Waals surface area contributed by atoms with Crippen molar-refractivity contribution >= 4 is 33.0 Å². The van der Waals surface area contributed by atoms with E-state index in [9.17, 15) is 0 Å². The van der Waals surface area contributed by atoms with E-state index in [1.807, 2.05) is 12.1 Å². The zero-order chi connectivity index (χ0) is 18.2. The van der Waals surface area contributed by atoms with Crippen LogP contribution in [0.25, 0.3) is 10.1 Å². The van der Waals surface area contributed by atoms with E-state index in [0.29, 0.717) is 12.7 Å². The fourth-order valence-electron chi connectivity index (χ4n) is 3.74. The summed E-state index contributed by atoms with van der Waals surface area (Å²) in [5, 5.41) is 5.60. The van der Waals surface area contributed by atoms with E-state index in [0.717, 1.165) is 41.5 Å². The summed E-state index contributed by atoms with van der Waals surface area (Å²) >= 11 is 8.31. The second-order valence-electron chi connectivity index (χ2n) is 6.84. The van der Waals surface area contributed by atoms with Crippen molar-refractivity contribution < 1.29 is 9.47 Å². The van der Waals surface area contributed by atoms with Crippen molar-refractivity contribution in [2.24, 2.45) is 5.92 Å². The third kappa shape index (κ3) is 3.28. The minimum atomic E-state index is 0.227. The average Bonchev–Trinajstić information content (AvgIpc) is 3.41. The summed E-state index contributed by atoms with van der Waals surface area (Å²) in [7, 11) is 0. The number of thiophene rings is 1. The molecule has 2 unspecified atom stereocenters. The fourth-order valence-corrected chi connectivity index (χ4v) is 5.21. The summed E-state index contributed by atoms with van der Waals surface area (Å²) in [5.41, 5.74) is 7.88. The highest BCUT2D eigenvalue weighted by atomic mass is 35.5. The predicted octanol–water partition coefficient (Wildman–Crippen LogP) is 3.84. The summed E-state index contributed by atoms with van der Waals surface area (Å²) < 4.78 is 12.2. The molecule has 0 radical (unpaired) electrons. The Kier molecular flexibility index (Phi) is 4.67. The Morgan fingerprint density at radius 1 is 1.15 bits per heavy atom. The molecule has 0 saturated carbocycles. The number of hydrazine groups is 1. The van der Waals surface area contributed by atoms with Crippen molar-refractivity contribution in [3.63, 3.8) is 0 Å². The first-order chi connectivity index (χ1) is 13.3. The van der Waals surface area contributed by atoms with E-state index in [4.69, 9.17) is 21.1 Å². The average molecular weight is 402 g/mol. The highest BCUT2D eigenvalue weighted by Gasteiger charge is 2.29. The lowest BCUT2D eigenvalue weighted by atomic mass is 9.94. The molecule has 140 valence electrons. The summed E-state index contributed by atoms with van der Waals surface area (Å²) in [6.07, 6.45) is 0. The van der Waals surface area contributed by atoms with Crippen LogP contribution in [0.5, 0.6) is 11.5 Å². The molecule has 1 aromatic heterocycles. The van der Waals surface area contributed by atoms with Gasteiger partial charge in [0.2, 0.25) is 6.79 Å². The monoisotopic (exact) mass is 401 g/mol. The van der Waals surface area contributed by atoms with Gasteiger partial charge in [0, 0.05) is 40.5 Å². The van der Waals surface area contributed by atoms with E-state index < -0.39 is 0 Å². The molecule has 0 bridgehead atoms. The van der Waals surface area contributed by atoms with Gasteiger partial charge in [0.1, 0.15) is 0 Å². The highest BCUT2D eigenvalue weighted by Crippen LogP contribution is 2.37. The number of nitrogens with one attached hydrogen (secondary N) is 3. The molecule has 5 rings (SSSR count). The first-order valence-corrected chi connectivity index (χ1v) is 10.2. The molecule has 27 heavy (non-hydrogen) atoms.